The lowest BCUT2D eigenvalue weighted by Gasteiger charge is -2.15. The number of benzene rings is 2. The van der Waals surface area contributed by atoms with E-state index in [1.807, 2.05) is 48.9 Å². The van der Waals surface area contributed by atoms with Crippen molar-refractivity contribution in [3.05, 3.63) is 59.7 Å². The van der Waals surface area contributed by atoms with Gasteiger partial charge >= 0.3 is 0 Å². The first kappa shape index (κ1) is 17.1. The van der Waals surface area contributed by atoms with Crippen LogP contribution in [0.4, 0.5) is 11.4 Å². The molecule has 1 N–H and O–H groups in total. The summed E-state index contributed by atoms with van der Waals surface area (Å²) in [7, 11) is 3.78. The van der Waals surface area contributed by atoms with E-state index in [4.69, 9.17) is 0 Å². The lowest BCUT2D eigenvalue weighted by atomic mass is 10.0. The second kappa shape index (κ2) is 7.83. The number of carbonyl (C=O) groups excluding carboxylic acids is 2. The number of hydrogen-bond donors (Lipinski definition) is 1. The SMILES string of the molecule is CNc1ccc(C(=O)CC(=O)c2ccc(N(C)SC)cc2)cc1. The van der Waals surface area contributed by atoms with E-state index < -0.39 is 0 Å². The minimum atomic E-state index is -0.164. The summed E-state index contributed by atoms with van der Waals surface area (Å²) >= 11 is 1.59. The topological polar surface area (TPSA) is 49.4 Å². The first-order valence-corrected chi connectivity index (χ1v) is 8.45. The summed E-state index contributed by atoms with van der Waals surface area (Å²) in [6.45, 7) is 0. The van der Waals surface area contributed by atoms with Gasteiger partial charge in [0, 0.05) is 42.9 Å². The van der Waals surface area contributed by atoms with Crippen LogP contribution in [0.3, 0.4) is 0 Å². The molecule has 0 radical (unpaired) electrons. The zero-order chi connectivity index (χ0) is 16.8. The molecule has 0 saturated carbocycles. The van der Waals surface area contributed by atoms with Gasteiger partial charge in [0.05, 0.1) is 6.42 Å². The Morgan fingerprint density at radius 3 is 1.87 bits per heavy atom. The number of nitrogens with zero attached hydrogens (tertiary/aromatic N) is 1. The summed E-state index contributed by atoms with van der Waals surface area (Å²) in [5.74, 6) is -0.325. The van der Waals surface area contributed by atoms with Gasteiger partial charge in [0.1, 0.15) is 0 Å². The Kier molecular flexibility index (Phi) is 5.82. The normalized spacial score (nSPS) is 10.2. The maximum absolute atomic E-state index is 12.3. The average Bonchev–Trinajstić information content (AvgIpc) is 2.61. The molecule has 2 aromatic carbocycles. The predicted molar refractivity (Wildman–Crippen MR) is 97.6 cm³/mol. The van der Waals surface area contributed by atoms with Crippen LogP contribution in [0, 0.1) is 0 Å². The monoisotopic (exact) mass is 328 g/mol. The minimum Gasteiger partial charge on any atom is -0.388 e. The maximum atomic E-state index is 12.3. The molecule has 0 unspecified atom stereocenters. The Morgan fingerprint density at radius 2 is 1.43 bits per heavy atom. The molecule has 23 heavy (non-hydrogen) atoms. The van der Waals surface area contributed by atoms with E-state index in [0.717, 1.165) is 11.4 Å². The van der Waals surface area contributed by atoms with Crippen LogP contribution in [0.15, 0.2) is 48.5 Å². The molecule has 0 atom stereocenters. The zero-order valence-corrected chi connectivity index (χ0v) is 14.3. The van der Waals surface area contributed by atoms with Crippen molar-refractivity contribution in [1.29, 1.82) is 0 Å². The molecule has 4 nitrogen and oxygen atoms in total. The van der Waals surface area contributed by atoms with E-state index in [1.165, 1.54) is 0 Å². The molecule has 0 spiro atoms. The molecule has 0 saturated heterocycles. The van der Waals surface area contributed by atoms with E-state index in [9.17, 15) is 9.59 Å². The molecule has 0 amide bonds. The molecule has 0 bridgehead atoms. The van der Waals surface area contributed by atoms with E-state index in [1.54, 1.807) is 36.2 Å². The van der Waals surface area contributed by atoms with E-state index in [-0.39, 0.29) is 18.0 Å². The Bertz CT molecular complexity index is 681. The molecule has 120 valence electrons. The summed E-state index contributed by atoms with van der Waals surface area (Å²) in [4.78, 5) is 24.4. The van der Waals surface area contributed by atoms with Gasteiger partial charge in [0.15, 0.2) is 11.6 Å². The first-order chi connectivity index (χ1) is 11.0. The van der Waals surface area contributed by atoms with Crippen molar-refractivity contribution in [1.82, 2.24) is 0 Å². The molecule has 0 aliphatic carbocycles. The Labute approximate surface area is 141 Å². The fraction of sp³-hybridized carbons (Fsp3) is 0.222. The Hall–Kier alpha value is -2.27. The van der Waals surface area contributed by atoms with Crippen LogP contribution < -0.4 is 9.62 Å². The van der Waals surface area contributed by atoms with Crippen molar-refractivity contribution in [3.63, 3.8) is 0 Å². The quantitative estimate of drug-likeness (QED) is 0.474. The third-order valence-electron chi connectivity index (χ3n) is 3.64. The third kappa shape index (κ3) is 4.36. The molecule has 2 aromatic rings. The smallest absolute Gasteiger partial charge is 0.170 e. The lowest BCUT2D eigenvalue weighted by molar-refractivity contribution is 0.0894. The molecule has 0 fully saturated rings. The van der Waals surface area contributed by atoms with Gasteiger partial charge in [-0.15, -0.1) is 0 Å². The van der Waals surface area contributed by atoms with Crippen LogP contribution in [0.2, 0.25) is 0 Å². The molecule has 5 heteroatoms. The van der Waals surface area contributed by atoms with E-state index in [0.29, 0.717) is 11.1 Å². The summed E-state index contributed by atoms with van der Waals surface area (Å²) in [6, 6.07) is 14.4. The molecule has 0 aliphatic rings. The molecule has 0 aromatic heterocycles. The summed E-state index contributed by atoms with van der Waals surface area (Å²) in [6.07, 6.45) is 1.87. The number of hydrogen-bond acceptors (Lipinski definition) is 5. The van der Waals surface area contributed by atoms with Crippen molar-refractivity contribution < 1.29 is 9.59 Å². The number of carbonyl (C=O) groups is 2. The fourth-order valence-electron chi connectivity index (χ4n) is 2.14. The lowest BCUT2D eigenvalue weighted by Crippen LogP contribution is -2.09. The summed E-state index contributed by atoms with van der Waals surface area (Å²) in [5.41, 5.74) is 3.06. The molecule has 0 heterocycles. The Balaban J connectivity index is 2.04. The van der Waals surface area contributed by atoms with Crippen molar-refractivity contribution >= 4 is 34.9 Å². The number of anilines is 2. The predicted octanol–water partition coefficient (Wildman–Crippen LogP) is 3.90. The van der Waals surface area contributed by atoms with Crippen molar-refractivity contribution in [2.75, 3.05) is 30.0 Å². The maximum Gasteiger partial charge on any atom is 0.170 e. The van der Waals surface area contributed by atoms with E-state index in [2.05, 4.69) is 5.32 Å². The zero-order valence-electron chi connectivity index (χ0n) is 13.5. The van der Waals surface area contributed by atoms with Gasteiger partial charge in [-0.2, -0.15) is 0 Å². The van der Waals surface area contributed by atoms with Crippen LogP contribution in [-0.4, -0.2) is 31.9 Å². The van der Waals surface area contributed by atoms with E-state index >= 15 is 0 Å². The highest BCUT2D eigenvalue weighted by Crippen LogP contribution is 2.20. The highest BCUT2D eigenvalue weighted by Gasteiger charge is 2.14. The van der Waals surface area contributed by atoms with Gasteiger partial charge in [0.2, 0.25) is 0 Å². The van der Waals surface area contributed by atoms with Crippen LogP contribution >= 0.6 is 11.9 Å². The minimum absolute atomic E-state index is 0.114. The van der Waals surface area contributed by atoms with Crippen molar-refractivity contribution in [3.8, 4) is 0 Å². The highest BCUT2D eigenvalue weighted by atomic mass is 32.2. The van der Waals surface area contributed by atoms with Gasteiger partial charge < -0.3 is 9.62 Å². The molecular weight excluding hydrogens is 308 g/mol. The second-order valence-corrected chi connectivity index (χ2v) is 5.99. The molecular formula is C18H20N2O2S. The van der Waals surface area contributed by atoms with Gasteiger partial charge in [-0.25, -0.2) is 0 Å². The third-order valence-corrected chi connectivity index (χ3v) is 4.40. The Morgan fingerprint density at radius 1 is 0.957 bits per heavy atom. The van der Waals surface area contributed by atoms with Gasteiger partial charge in [0.25, 0.3) is 0 Å². The summed E-state index contributed by atoms with van der Waals surface area (Å²) < 4.78 is 2.00. The van der Waals surface area contributed by atoms with Crippen molar-refractivity contribution in [2.24, 2.45) is 0 Å². The van der Waals surface area contributed by atoms with Crippen molar-refractivity contribution in [2.45, 2.75) is 6.42 Å². The number of Topliss-reactive ketones (excluding diaryl/α,β-unsaturated/α-hetero) is 2. The summed E-state index contributed by atoms with van der Waals surface area (Å²) in [5, 5.41) is 2.99. The number of nitrogens with one attached hydrogen (secondary N) is 1. The second-order valence-electron chi connectivity index (χ2n) is 5.08. The first-order valence-electron chi connectivity index (χ1n) is 7.27. The van der Waals surface area contributed by atoms with Gasteiger partial charge in [-0.1, -0.05) is 11.9 Å². The largest absolute Gasteiger partial charge is 0.388 e. The van der Waals surface area contributed by atoms with Crippen LogP contribution in [0.1, 0.15) is 27.1 Å². The fourth-order valence-corrected chi connectivity index (χ4v) is 2.47. The van der Waals surface area contributed by atoms with Crippen LogP contribution in [0.5, 0.6) is 0 Å². The highest BCUT2D eigenvalue weighted by molar-refractivity contribution is 7.99. The number of rotatable bonds is 7. The number of ketones is 2. The molecule has 0 aliphatic heterocycles. The standard InChI is InChI=1S/C18H20N2O2S/c1-19-15-8-4-13(5-9-15)17(21)12-18(22)14-6-10-16(11-7-14)20(2)23-3/h4-11,19H,12H2,1-3H3. The average molecular weight is 328 g/mol. The van der Waals surface area contributed by atoms with Gasteiger partial charge in [-0.3, -0.25) is 9.59 Å². The van der Waals surface area contributed by atoms with Gasteiger partial charge in [-0.05, 0) is 48.5 Å². The van der Waals surface area contributed by atoms with Crippen LogP contribution in [0.25, 0.3) is 0 Å². The molecule has 2 rings (SSSR count). The van der Waals surface area contributed by atoms with Crippen LogP contribution in [-0.2, 0) is 0 Å².